The van der Waals surface area contributed by atoms with Gasteiger partial charge in [0.25, 0.3) is 0 Å². The van der Waals surface area contributed by atoms with Crippen LogP contribution in [0.25, 0.3) is 0 Å². The third kappa shape index (κ3) is 2.91. The van der Waals surface area contributed by atoms with Crippen LogP contribution in [-0.4, -0.2) is 6.61 Å². The fourth-order valence-corrected chi connectivity index (χ4v) is 3.17. The van der Waals surface area contributed by atoms with Crippen LogP contribution in [-0.2, 0) is 0 Å². The van der Waals surface area contributed by atoms with Gasteiger partial charge in [0.1, 0.15) is 11.6 Å². The highest BCUT2D eigenvalue weighted by Gasteiger charge is 2.25. The Hall–Kier alpha value is -1.16. The highest BCUT2D eigenvalue weighted by atomic mass is 35.5. The van der Waals surface area contributed by atoms with Crippen molar-refractivity contribution < 1.29 is 9.13 Å². The van der Waals surface area contributed by atoms with Gasteiger partial charge in [-0.2, -0.15) is 0 Å². The number of fused-ring (bicyclic) bond motifs is 1. The van der Waals surface area contributed by atoms with Gasteiger partial charge in [0.2, 0.25) is 0 Å². The molecule has 0 amide bonds. The molecule has 110 valence electrons. The van der Waals surface area contributed by atoms with E-state index >= 15 is 0 Å². The number of benzene rings is 2. The quantitative estimate of drug-likeness (QED) is 0.750. The van der Waals surface area contributed by atoms with Crippen LogP contribution in [0, 0.1) is 5.82 Å². The Balaban J connectivity index is 1.99. The summed E-state index contributed by atoms with van der Waals surface area (Å²) in [5.74, 6) is 0.181. The summed E-state index contributed by atoms with van der Waals surface area (Å²) in [5, 5.41) is 4.41. The number of hydrogen-bond donors (Lipinski definition) is 1. The van der Waals surface area contributed by atoms with E-state index in [2.05, 4.69) is 5.32 Å². The van der Waals surface area contributed by atoms with E-state index in [-0.39, 0.29) is 11.7 Å². The predicted octanol–water partition coefficient (Wildman–Crippen LogP) is 5.72. The SMILES string of the molecule is Fc1cccc(Cl)c1NC1CCOc2c(Cl)cc(Cl)cc21. The second-order valence-electron chi connectivity index (χ2n) is 4.74. The zero-order chi connectivity index (χ0) is 15.0. The summed E-state index contributed by atoms with van der Waals surface area (Å²) >= 11 is 18.2. The van der Waals surface area contributed by atoms with E-state index in [0.29, 0.717) is 33.8 Å². The average Bonchev–Trinajstić information content (AvgIpc) is 2.43. The fraction of sp³-hybridized carbons (Fsp3) is 0.200. The standard InChI is InChI=1S/C15H11Cl3FNO/c16-8-6-9-13(4-5-21-15(9)11(18)7-8)20-14-10(17)2-1-3-12(14)19/h1-3,6-7,13,20H,4-5H2. The Morgan fingerprint density at radius 2 is 1.95 bits per heavy atom. The van der Waals surface area contributed by atoms with Gasteiger partial charge in [-0.15, -0.1) is 0 Å². The Bertz CT molecular complexity index is 673. The number of rotatable bonds is 2. The van der Waals surface area contributed by atoms with Crippen LogP contribution < -0.4 is 10.1 Å². The summed E-state index contributed by atoms with van der Waals surface area (Å²) in [6.07, 6.45) is 0.661. The first-order valence-electron chi connectivity index (χ1n) is 6.38. The van der Waals surface area contributed by atoms with E-state index in [1.807, 2.05) is 0 Å². The molecular formula is C15H11Cl3FNO. The number of anilines is 1. The zero-order valence-corrected chi connectivity index (χ0v) is 13.1. The highest BCUT2D eigenvalue weighted by molar-refractivity contribution is 6.35. The van der Waals surface area contributed by atoms with Gasteiger partial charge < -0.3 is 10.1 Å². The van der Waals surface area contributed by atoms with Crippen molar-refractivity contribution >= 4 is 40.5 Å². The molecule has 0 saturated heterocycles. The van der Waals surface area contributed by atoms with Gasteiger partial charge in [0, 0.05) is 17.0 Å². The van der Waals surface area contributed by atoms with Crippen LogP contribution in [0.5, 0.6) is 5.75 Å². The first-order chi connectivity index (χ1) is 10.1. The molecule has 0 aromatic heterocycles. The van der Waals surface area contributed by atoms with Gasteiger partial charge in [-0.05, 0) is 24.3 Å². The van der Waals surface area contributed by atoms with E-state index in [9.17, 15) is 4.39 Å². The molecule has 1 atom stereocenters. The summed E-state index contributed by atoms with van der Waals surface area (Å²) in [6.45, 7) is 0.484. The first-order valence-corrected chi connectivity index (χ1v) is 7.52. The molecule has 1 N–H and O–H groups in total. The molecule has 0 aliphatic carbocycles. The molecule has 0 spiro atoms. The Kier molecular flexibility index (Phi) is 4.16. The summed E-state index contributed by atoms with van der Waals surface area (Å²) in [6, 6.07) is 7.79. The minimum Gasteiger partial charge on any atom is -0.492 e. The first kappa shape index (κ1) is 14.8. The number of ether oxygens (including phenoxy) is 1. The molecule has 6 heteroatoms. The smallest absolute Gasteiger partial charge is 0.147 e. The van der Waals surface area contributed by atoms with Gasteiger partial charge in [-0.1, -0.05) is 40.9 Å². The van der Waals surface area contributed by atoms with Crippen molar-refractivity contribution in [1.29, 1.82) is 0 Å². The largest absolute Gasteiger partial charge is 0.492 e. The van der Waals surface area contributed by atoms with Crippen molar-refractivity contribution in [2.45, 2.75) is 12.5 Å². The summed E-state index contributed by atoms with van der Waals surface area (Å²) in [5.41, 5.74) is 1.08. The Labute approximate surface area is 136 Å². The third-order valence-electron chi connectivity index (χ3n) is 3.35. The third-order valence-corrected chi connectivity index (χ3v) is 4.16. The lowest BCUT2D eigenvalue weighted by molar-refractivity contribution is 0.274. The predicted molar refractivity (Wildman–Crippen MR) is 84.3 cm³/mol. The van der Waals surface area contributed by atoms with Gasteiger partial charge in [-0.25, -0.2) is 4.39 Å². The van der Waals surface area contributed by atoms with Crippen molar-refractivity contribution in [3.63, 3.8) is 0 Å². The number of halogens is 4. The number of hydrogen-bond acceptors (Lipinski definition) is 2. The lowest BCUT2D eigenvalue weighted by Crippen LogP contribution is -2.21. The normalized spacial score (nSPS) is 17.0. The van der Waals surface area contributed by atoms with Crippen molar-refractivity contribution in [3.05, 3.63) is 56.8 Å². The van der Waals surface area contributed by atoms with E-state index in [0.717, 1.165) is 5.56 Å². The maximum absolute atomic E-state index is 13.9. The monoisotopic (exact) mass is 345 g/mol. The minimum absolute atomic E-state index is 0.167. The molecule has 1 unspecified atom stereocenters. The molecular weight excluding hydrogens is 336 g/mol. The van der Waals surface area contributed by atoms with Crippen molar-refractivity contribution in [2.75, 3.05) is 11.9 Å². The fourth-order valence-electron chi connectivity index (χ4n) is 2.39. The molecule has 2 aromatic rings. The highest BCUT2D eigenvalue weighted by Crippen LogP contribution is 2.42. The van der Waals surface area contributed by atoms with E-state index < -0.39 is 5.82 Å². The van der Waals surface area contributed by atoms with Crippen molar-refractivity contribution in [1.82, 2.24) is 0 Å². The molecule has 2 aromatic carbocycles. The number of para-hydroxylation sites is 1. The van der Waals surface area contributed by atoms with E-state index in [4.69, 9.17) is 39.5 Å². The van der Waals surface area contributed by atoms with Gasteiger partial charge >= 0.3 is 0 Å². The maximum atomic E-state index is 13.9. The molecule has 0 bridgehead atoms. The van der Waals surface area contributed by atoms with Crippen LogP contribution in [0.2, 0.25) is 15.1 Å². The second kappa shape index (κ2) is 5.91. The molecule has 0 saturated carbocycles. The van der Waals surface area contributed by atoms with E-state index in [1.54, 1.807) is 24.3 Å². The molecule has 3 rings (SSSR count). The lowest BCUT2D eigenvalue weighted by Gasteiger charge is -2.28. The summed E-state index contributed by atoms with van der Waals surface area (Å²) in [7, 11) is 0. The number of nitrogens with one attached hydrogen (secondary N) is 1. The molecule has 0 radical (unpaired) electrons. The van der Waals surface area contributed by atoms with Crippen molar-refractivity contribution in [2.24, 2.45) is 0 Å². The molecule has 1 aliphatic heterocycles. The minimum atomic E-state index is -0.399. The molecule has 2 nitrogen and oxygen atoms in total. The van der Waals surface area contributed by atoms with Gasteiger partial charge in [0.05, 0.1) is 28.4 Å². The molecule has 0 fully saturated rings. The van der Waals surface area contributed by atoms with Crippen LogP contribution in [0.4, 0.5) is 10.1 Å². The van der Waals surface area contributed by atoms with Crippen molar-refractivity contribution in [3.8, 4) is 5.75 Å². The maximum Gasteiger partial charge on any atom is 0.147 e. The molecule has 21 heavy (non-hydrogen) atoms. The summed E-state index contributed by atoms with van der Waals surface area (Å²) < 4.78 is 19.5. The average molecular weight is 347 g/mol. The van der Waals surface area contributed by atoms with Crippen LogP contribution in [0.3, 0.4) is 0 Å². The van der Waals surface area contributed by atoms with E-state index in [1.165, 1.54) is 6.07 Å². The van der Waals surface area contributed by atoms with Crippen LogP contribution in [0.15, 0.2) is 30.3 Å². The van der Waals surface area contributed by atoms with Crippen LogP contribution in [0.1, 0.15) is 18.0 Å². The topological polar surface area (TPSA) is 21.3 Å². The second-order valence-corrected chi connectivity index (χ2v) is 5.99. The Morgan fingerprint density at radius 3 is 2.71 bits per heavy atom. The molecule has 1 aliphatic rings. The van der Waals surface area contributed by atoms with Crippen LogP contribution >= 0.6 is 34.8 Å². The van der Waals surface area contributed by atoms with Gasteiger partial charge in [-0.3, -0.25) is 0 Å². The molecule has 1 heterocycles. The lowest BCUT2D eigenvalue weighted by atomic mass is 10.00. The Morgan fingerprint density at radius 1 is 1.14 bits per heavy atom. The van der Waals surface area contributed by atoms with Gasteiger partial charge in [0.15, 0.2) is 0 Å². The zero-order valence-electron chi connectivity index (χ0n) is 10.8. The summed E-state index contributed by atoms with van der Waals surface area (Å²) in [4.78, 5) is 0.